The predicted molar refractivity (Wildman–Crippen MR) is 98.6 cm³/mol. The van der Waals surface area contributed by atoms with Crippen molar-refractivity contribution in [3.8, 4) is 0 Å². The normalized spacial score (nSPS) is 17.6. The van der Waals surface area contributed by atoms with Crippen molar-refractivity contribution < 1.29 is 4.79 Å². The monoisotopic (exact) mass is 365 g/mol. The first-order valence-electron chi connectivity index (χ1n) is 7.42. The highest BCUT2D eigenvalue weighted by molar-refractivity contribution is 7.99. The summed E-state index contributed by atoms with van der Waals surface area (Å²) in [6.07, 6.45) is 0. The number of carbonyl (C=O) groups is 1. The lowest BCUT2D eigenvalue weighted by Crippen LogP contribution is -2.31. The van der Waals surface area contributed by atoms with Gasteiger partial charge < -0.3 is 4.90 Å². The van der Waals surface area contributed by atoms with Crippen molar-refractivity contribution in [2.75, 3.05) is 12.3 Å². The van der Waals surface area contributed by atoms with Crippen molar-refractivity contribution in [1.82, 2.24) is 4.90 Å². The zero-order chi connectivity index (χ0) is 16.6. The van der Waals surface area contributed by atoms with Crippen LogP contribution < -0.4 is 0 Å². The lowest BCUT2D eigenvalue weighted by atomic mass is 10.0. The van der Waals surface area contributed by atoms with E-state index in [2.05, 4.69) is 0 Å². The number of aryl methyl sites for hydroxylation is 2. The van der Waals surface area contributed by atoms with Crippen molar-refractivity contribution in [3.05, 3.63) is 68.7 Å². The second-order valence-electron chi connectivity index (χ2n) is 5.71. The second kappa shape index (κ2) is 6.76. The molecule has 5 heteroatoms. The van der Waals surface area contributed by atoms with Crippen LogP contribution in [-0.4, -0.2) is 23.1 Å². The van der Waals surface area contributed by atoms with E-state index in [-0.39, 0.29) is 11.3 Å². The minimum Gasteiger partial charge on any atom is -0.322 e. The number of amides is 1. The second-order valence-corrected chi connectivity index (χ2v) is 7.74. The van der Waals surface area contributed by atoms with E-state index < -0.39 is 0 Å². The van der Waals surface area contributed by atoms with Crippen LogP contribution in [0.1, 0.15) is 32.4 Å². The summed E-state index contributed by atoms with van der Waals surface area (Å²) in [6.45, 7) is 4.73. The van der Waals surface area contributed by atoms with Gasteiger partial charge in [-0.05, 0) is 37.6 Å². The molecule has 1 fully saturated rings. The largest absolute Gasteiger partial charge is 0.322 e. The molecule has 0 saturated carbocycles. The van der Waals surface area contributed by atoms with Crippen LogP contribution in [0.5, 0.6) is 0 Å². The van der Waals surface area contributed by atoms with Gasteiger partial charge in [-0.15, -0.1) is 11.8 Å². The Kier molecular flexibility index (Phi) is 4.90. The first-order valence-corrected chi connectivity index (χ1v) is 9.22. The maximum atomic E-state index is 13.0. The van der Waals surface area contributed by atoms with Gasteiger partial charge in [-0.25, -0.2) is 0 Å². The molecule has 2 aromatic carbocycles. The maximum absolute atomic E-state index is 13.0. The summed E-state index contributed by atoms with van der Waals surface area (Å²) < 4.78 is 0. The van der Waals surface area contributed by atoms with Crippen LogP contribution in [-0.2, 0) is 0 Å². The molecule has 1 aliphatic heterocycles. The highest BCUT2D eigenvalue weighted by Gasteiger charge is 2.33. The van der Waals surface area contributed by atoms with Crippen molar-refractivity contribution in [1.29, 1.82) is 0 Å². The first-order chi connectivity index (χ1) is 11.0. The van der Waals surface area contributed by atoms with Gasteiger partial charge in [0, 0.05) is 33.5 Å². The van der Waals surface area contributed by atoms with Crippen LogP contribution in [0.25, 0.3) is 0 Å². The van der Waals surface area contributed by atoms with Gasteiger partial charge in [0.05, 0.1) is 0 Å². The molecule has 0 spiro atoms. The molecule has 1 unspecified atom stereocenters. The molecule has 1 heterocycles. The number of carbonyl (C=O) groups excluding carboxylic acids is 1. The molecule has 1 aliphatic rings. The van der Waals surface area contributed by atoms with Crippen LogP contribution in [0.15, 0.2) is 36.4 Å². The van der Waals surface area contributed by atoms with Crippen molar-refractivity contribution in [2.24, 2.45) is 0 Å². The van der Waals surface area contributed by atoms with E-state index in [1.165, 1.54) is 0 Å². The van der Waals surface area contributed by atoms with E-state index in [0.29, 0.717) is 10.0 Å². The Morgan fingerprint density at radius 2 is 1.96 bits per heavy atom. The fraction of sp³-hybridized carbons (Fsp3) is 0.278. The van der Waals surface area contributed by atoms with Gasteiger partial charge >= 0.3 is 0 Å². The molecule has 1 amide bonds. The third-order valence-electron chi connectivity index (χ3n) is 3.99. The van der Waals surface area contributed by atoms with Crippen LogP contribution in [0.2, 0.25) is 10.0 Å². The Hall–Kier alpha value is -1.16. The third-order valence-corrected chi connectivity index (χ3v) is 5.80. The van der Waals surface area contributed by atoms with Crippen molar-refractivity contribution in [2.45, 2.75) is 19.2 Å². The quantitative estimate of drug-likeness (QED) is 0.700. The molecule has 0 aromatic heterocycles. The topological polar surface area (TPSA) is 20.3 Å². The molecule has 0 radical (unpaired) electrons. The van der Waals surface area contributed by atoms with Gasteiger partial charge in [0.1, 0.15) is 5.37 Å². The van der Waals surface area contributed by atoms with Crippen LogP contribution >= 0.6 is 35.0 Å². The average molecular weight is 366 g/mol. The first kappa shape index (κ1) is 16.7. The van der Waals surface area contributed by atoms with Crippen LogP contribution in [0.4, 0.5) is 0 Å². The minimum absolute atomic E-state index is 0.0588. The Labute approximate surface area is 150 Å². The molecule has 120 valence electrons. The average Bonchev–Trinajstić information content (AvgIpc) is 2.95. The number of thioether (sulfide) groups is 1. The summed E-state index contributed by atoms with van der Waals surface area (Å²) in [4.78, 5) is 14.9. The predicted octanol–water partition coefficient (Wildman–Crippen LogP) is 5.50. The third kappa shape index (κ3) is 3.37. The number of hydrogen-bond acceptors (Lipinski definition) is 2. The zero-order valence-electron chi connectivity index (χ0n) is 13.0. The maximum Gasteiger partial charge on any atom is 0.255 e. The summed E-state index contributed by atoms with van der Waals surface area (Å²) in [5.74, 6) is 0.962. The smallest absolute Gasteiger partial charge is 0.255 e. The Morgan fingerprint density at radius 1 is 1.17 bits per heavy atom. The lowest BCUT2D eigenvalue weighted by Gasteiger charge is -2.25. The van der Waals surface area contributed by atoms with E-state index >= 15 is 0 Å². The highest BCUT2D eigenvalue weighted by Crippen LogP contribution is 2.42. The number of benzene rings is 2. The highest BCUT2D eigenvalue weighted by atomic mass is 35.5. The molecule has 0 bridgehead atoms. The van der Waals surface area contributed by atoms with Crippen molar-refractivity contribution in [3.63, 3.8) is 0 Å². The standard InChI is InChI=1S/C18H17Cl2NOS/c1-11-3-5-14(12(2)9-11)17(22)21-7-8-23-18(21)15-6-4-13(19)10-16(15)20/h3-6,9-10,18H,7-8H2,1-2H3. The van der Waals surface area contributed by atoms with E-state index in [9.17, 15) is 4.79 Å². The molecule has 0 aliphatic carbocycles. The zero-order valence-corrected chi connectivity index (χ0v) is 15.3. The molecule has 1 saturated heterocycles. The van der Waals surface area contributed by atoms with E-state index in [1.807, 2.05) is 49.1 Å². The molecule has 1 atom stereocenters. The van der Waals surface area contributed by atoms with Crippen LogP contribution in [0.3, 0.4) is 0 Å². The fourth-order valence-electron chi connectivity index (χ4n) is 2.85. The van der Waals surface area contributed by atoms with Gasteiger partial charge in [-0.3, -0.25) is 4.79 Å². The van der Waals surface area contributed by atoms with Gasteiger partial charge in [-0.1, -0.05) is 47.0 Å². The summed E-state index contributed by atoms with van der Waals surface area (Å²) >= 11 is 14.1. The molecule has 23 heavy (non-hydrogen) atoms. The lowest BCUT2D eigenvalue weighted by molar-refractivity contribution is 0.0759. The Bertz CT molecular complexity index is 763. The van der Waals surface area contributed by atoms with Gasteiger partial charge in [0.2, 0.25) is 0 Å². The minimum atomic E-state index is -0.0621. The molecule has 2 nitrogen and oxygen atoms in total. The summed E-state index contributed by atoms with van der Waals surface area (Å²) in [5, 5.41) is 1.15. The van der Waals surface area contributed by atoms with E-state index in [1.54, 1.807) is 17.8 Å². The molecule has 2 aromatic rings. The number of hydrogen-bond donors (Lipinski definition) is 0. The van der Waals surface area contributed by atoms with E-state index in [0.717, 1.165) is 34.6 Å². The summed E-state index contributed by atoms with van der Waals surface area (Å²) in [6, 6.07) is 11.4. The van der Waals surface area contributed by atoms with Gasteiger partial charge in [0.15, 0.2) is 0 Å². The Morgan fingerprint density at radius 3 is 2.65 bits per heavy atom. The van der Waals surface area contributed by atoms with Crippen LogP contribution in [0, 0.1) is 13.8 Å². The van der Waals surface area contributed by atoms with Gasteiger partial charge in [-0.2, -0.15) is 0 Å². The number of rotatable bonds is 2. The number of halogens is 2. The number of nitrogens with zero attached hydrogens (tertiary/aromatic N) is 1. The van der Waals surface area contributed by atoms with Gasteiger partial charge in [0.25, 0.3) is 5.91 Å². The Balaban J connectivity index is 1.93. The molecular formula is C18H17Cl2NOS. The molecule has 3 rings (SSSR count). The SMILES string of the molecule is Cc1ccc(C(=O)N2CCSC2c2ccc(Cl)cc2Cl)c(C)c1. The van der Waals surface area contributed by atoms with Crippen molar-refractivity contribution >= 4 is 40.9 Å². The summed E-state index contributed by atoms with van der Waals surface area (Å²) in [7, 11) is 0. The molecule has 0 N–H and O–H groups in total. The summed E-state index contributed by atoms with van der Waals surface area (Å²) in [5.41, 5.74) is 3.87. The fourth-order valence-corrected chi connectivity index (χ4v) is 4.71. The molecular weight excluding hydrogens is 349 g/mol. The van der Waals surface area contributed by atoms with E-state index in [4.69, 9.17) is 23.2 Å².